The fraction of sp³-hybridized carbons (Fsp3) is 0.500. The maximum absolute atomic E-state index is 11.5. The first-order valence-electron chi connectivity index (χ1n) is 6.24. The van der Waals surface area contributed by atoms with Crippen LogP contribution in [0.3, 0.4) is 0 Å². The van der Waals surface area contributed by atoms with Crippen molar-refractivity contribution in [3.05, 3.63) is 23.8 Å². The fourth-order valence-corrected chi connectivity index (χ4v) is 1.88. The van der Waals surface area contributed by atoms with E-state index < -0.39 is 6.10 Å². The van der Waals surface area contributed by atoms with Gasteiger partial charge in [0.2, 0.25) is 0 Å². The Morgan fingerprint density at radius 2 is 2.17 bits per heavy atom. The molecule has 0 aliphatic carbocycles. The molecule has 0 radical (unpaired) electrons. The van der Waals surface area contributed by atoms with Gasteiger partial charge in [-0.2, -0.15) is 0 Å². The lowest BCUT2D eigenvalue weighted by atomic mass is 9.96. The first-order valence-corrected chi connectivity index (χ1v) is 6.24. The minimum absolute atomic E-state index is 0.0983. The highest BCUT2D eigenvalue weighted by Crippen LogP contribution is 2.31. The van der Waals surface area contributed by atoms with E-state index in [0.717, 1.165) is 29.8 Å². The number of nitrogens with two attached hydrogens (primary N) is 1. The van der Waals surface area contributed by atoms with Crippen molar-refractivity contribution in [3.8, 4) is 5.75 Å². The molecule has 1 aliphatic heterocycles. The first-order chi connectivity index (χ1) is 8.35. The van der Waals surface area contributed by atoms with Crippen molar-refractivity contribution >= 4 is 11.6 Å². The molecule has 0 fully saturated rings. The van der Waals surface area contributed by atoms with Crippen molar-refractivity contribution in [2.75, 3.05) is 5.32 Å². The average molecular weight is 248 g/mol. The average Bonchev–Trinajstić information content (AvgIpc) is 2.27. The summed E-state index contributed by atoms with van der Waals surface area (Å²) < 4.78 is 5.51. The van der Waals surface area contributed by atoms with E-state index >= 15 is 0 Å². The van der Waals surface area contributed by atoms with Crippen molar-refractivity contribution < 1.29 is 9.53 Å². The van der Waals surface area contributed by atoms with Crippen LogP contribution in [0.5, 0.6) is 5.75 Å². The van der Waals surface area contributed by atoms with Gasteiger partial charge in [-0.15, -0.1) is 0 Å². The Bertz CT molecular complexity index is 463. The lowest BCUT2D eigenvalue weighted by molar-refractivity contribution is -0.122. The van der Waals surface area contributed by atoms with Gasteiger partial charge in [-0.25, -0.2) is 0 Å². The van der Waals surface area contributed by atoms with Crippen LogP contribution in [-0.2, 0) is 11.2 Å². The first kappa shape index (κ1) is 12.9. The van der Waals surface area contributed by atoms with E-state index in [1.165, 1.54) is 0 Å². The van der Waals surface area contributed by atoms with E-state index in [1.807, 2.05) is 32.0 Å². The Kier molecular flexibility index (Phi) is 3.30. The number of rotatable bonds is 3. The Labute approximate surface area is 108 Å². The predicted octanol–water partition coefficient (Wildman–Crippen LogP) is 2.08. The molecule has 3 N–H and O–H groups in total. The lowest BCUT2D eigenvalue weighted by Crippen LogP contribution is -2.34. The van der Waals surface area contributed by atoms with Crippen molar-refractivity contribution in [1.29, 1.82) is 0 Å². The molecule has 4 heteroatoms. The molecule has 0 saturated heterocycles. The third kappa shape index (κ3) is 3.01. The highest BCUT2D eigenvalue weighted by atomic mass is 16.5. The van der Waals surface area contributed by atoms with E-state index in [0.29, 0.717) is 0 Å². The van der Waals surface area contributed by atoms with Gasteiger partial charge < -0.3 is 15.8 Å². The summed E-state index contributed by atoms with van der Waals surface area (Å²) in [5, 5.41) is 2.85. The van der Waals surface area contributed by atoms with Crippen molar-refractivity contribution in [2.45, 2.75) is 45.3 Å². The molecule has 1 amide bonds. The molecule has 1 atom stereocenters. The van der Waals surface area contributed by atoms with E-state index in [9.17, 15) is 4.79 Å². The van der Waals surface area contributed by atoms with Crippen molar-refractivity contribution in [3.63, 3.8) is 0 Å². The molecule has 1 aromatic carbocycles. The number of aryl methyl sites for hydroxylation is 1. The second-order valence-corrected chi connectivity index (χ2v) is 5.57. The normalized spacial score (nSPS) is 18.9. The third-order valence-electron chi connectivity index (χ3n) is 3.03. The number of amides is 1. The van der Waals surface area contributed by atoms with E-state index in [4.69, 9.17) is 10.5 Å². The Hall–Kier alpha value is -1.55. The second kappa shape index (κ2) is 4.61. The molecule has 2 rings (SSSR count). The predicted molar refractivity (Wildman–Crippen MR) is 71.7 cm³/mol. The number of hydrogen-bond acceptors (Lipinski definition) is 3. The number of fused-ring (bicyclic) bond motifs is 1. The van der Waals surface area contributed by atoms with Gasteiger partial charge in [0.15, 0.2) is 6.10 Å². The summed E-state index contributed by atoms with van der Waals surface area (Å²) in [7, 11) is 0. The smallest absolute Gasteiger partial charge is 0.265 e. The number of ether oxygens (including phenoxy) is 1. The Morgan fingerprint density at radius 3 is 2.83 bits per heavy atom. The molecule has 0 saturated carbocycles. The second-order valence-electron chi connectivity index (χ2n) is 5.57. The van der Waals surface area contributed by atoms with Crippen LogP contribution in [0.15, 0.2) is 18.2 Å². The summed E-state index contributed by atoms with van der Waals surface area (Å²) in [6.45, 7) is 5.76. The maximum atomic E-state index is 11.5. The lowest BCUT2D eigenvalue weighted by Gasteiger charge is -2.24. The van der Waals surface area contributed by atoms with Gasteiger partial charge in [-0.05, 0) is 51.3 Å². The minimum Gasteiger partial charge on any atom is -0.479 e. The highest BCUT2D eigenvalue weighted by molar-refractivity contribution is 5.97. The topological polar surface area (TPSA) is 64.3 Å². The zero-order valence-corrected chi connectivity index (χ0v) is 11.1. The molecule has 18 heavy (non-hydrogen) atoms. The number of carbonyl (C=O) groups is 1. The van der Waals surface area contributed by atoms with Gasteiger partial charge in [0.1, 0.15) is 5.75 Å². The zero-order valence-electron chi connectivity index (χ0n) is 11.1. The molecule has 1 unspecified atom stereocenters. The number of nitrogens with one attached hydrogen (secondary N) is 1. The van der Waals surface area contributed by atoms with Gasteiger partial charge >= 0.3 is 0 Å². The van der Waals surface area contributed by atoms with E-state index in [1.54, 1.807) is 6.92 Å². The molecular weight excluding hydrogens is 228 g/mol. The van der Waals surface area contributed by atoms with Gasteiger partial charge in [-0.1, -0.05) is 6.07 Å². The van der Waals surface area contributed by atoms with Crippen LogP contribution in [0.2, 0.25) is 0 Å². The maximum Gasteiger partial charge on any atom is 0.265 e. The highest BCUT2D eigenvalue weighted by Gasteiger charge is 2.23. The van der Waals surface area contributed by atoms with E-state index in [-0.39, 0.29) is 11.4 Å². The molecule has 1 heterocycles. The molecular formula is C14H20N2O2. The van der Waals surface area contributed by atoms with Crippen LogP contribution < -0.4 is 15.8 Å². The third-order valence-corrected chi connectivity index (χ3v) is 3.03. The number of hydrogen-bond donors (Lipinski definition) is 2. The summed E-state index contributed by atoms with van der Waals surface area (Å²) in [4.78, 5) is 11.5. The molecule has 0 aromatic heterocycles. The van der Waals surface area contributed by atoms with Crippen LogP contribution in [0, 0.1) is 0 Å². The minimum atomic E-state index is -0.425. The van der Waals surface area contributed by atoms with Crippen molar-refractivity contribution in [1.82, 2.24) is 0 Å². The summed E-state index contributed by atoms with van der Waals surface area (Å²) in [5.74, 6) is 0.636. The Morgan fingerprint density at radius 1 is 1.44 bits per heavy atom. The summed E-state index contributed by atoms with van der Waals surface area (Å²) in [6, 6.07) is 5.89. The summed E-state index contributed by atoms with van der Waals surface area (Å²) >= 11 is 0. The largest absolute Gasteiger partial charge is 0.479 e. The zero-order chi connectivity index (χ0) is 13.3. The monoisotopic (exact) mass is 248 g/mol. The summed E-state index contributed by atoms with van der Waals surface area (Å²) in [5.41, 5.74) is 7.70. The van der Waals surface area contributed by atoms with Crippen LogP contribution >= 0.6 is 0 Å². The molecule has 98 valence electrons. The van der Waals surface area contributed by atoms with Gasteiger partial charge in [0.25, 0.3) is 5.91 Å². The van der Waals surface area contributed by atoms with Crippen LogP contribution in [0.1, 0.15) is 32.8 Å². The summed E-state index contributed by atoms with van der Waals surface area (Å²) in [6.07, 6.45) is 1.37. The Balaban J connectivity index is 2.13. The van der Waals surface area contributed by atoms with Crippen LogP contribution in [0.4, 0.5) is 5.69 Å². The SMILES string of the molecule is CC1Oc2ccc(CCC(C)(C)N)cc2NC1=O. The number of benzene rings is 1. The molecule has 0 bridgehead atoms. The molecule has 0 spiro atoms. The molecule has 4 nitrogen and oxygen atoms in total. The van der Waals surface area contributed by atoms with Gasteiger partial charge in [0, 0.05) is 5.54 Å². The van der Waals surface area contributed by atoms with Crippen molar-refractivity contribution in [2.24, 2.45) is 5.73 Å². The molecule has 1 aromatic rings. The van der Waals surface area contributed by atoms with Gasteiger partial charge in [-0.3, -0.25) is 4.79 Å². The van der Waals surface area contributed by atoms with Crippen LogP contribution in [0.25, 0.3) is 0 Å². The standard InChI is InChI=1S/C14H20N2O2/c1-9-13(17)16-11-8-10(4-5-12(11)18-9)6-7-14(2,3)15/h4-5,8-9H,6-7,15H2,1-3H3,(H,16,17). The quantitative estimate of drug-likeness (QED) is 0.860. The number of carbonyl (C=O) groups excluding carboxylic acids is 1. The molecule has 1 aliphatic rings. The van der Waals surface area contributed by atoms with Gasteiger partial charge in [0.05, 0.1) is 5.69 Å². The fourth-order valence-electron chi connectivity index (χ4n) is 1.88. The van der Waals surface area contributed by atoms with Crippen LogP contribution in [-0.4, -0.2) is 17.6 Å². The number of anilines is 1. The van der Waals surface area contributed by atoms with E-state index in [2.05, 4.69) is 5.32 Å².